The van der Waals surface area contributed by atoms with Crippen LogP contribution in [0.4, 0.5) is 10.6 Å². The number of hydrogen-bond acceptors (Lipinski definition) is 3. The van der Waals surface area contributed by atoms with Gasteiger partial charge in [0.1, 0.15) is 0 Å². The molecule has 0 aliphatic carbocycles. The molecule has 2 heterocycles. The van der Waals surface area contributed by atoms with Crippen molar-refractivity contribution in [1.29, 1.82) is 0 Å². The van der Waals surface area contributed by atoms with Crippen molar-refractivity contribution in [2.24, 2.45) is 0 Å². The highest BCUT2D eigenvalue weighted by Gasteiger charge is 2.03. The van der Waals surface area contributed by atoms with Gasteiger partial charge in [-0.05, 0) is 6.07 Å². The number of nitrogens with zero attached hydrogens (tertiary/aromatic N) is 3. The minimum Gasteiger partial charge on any atom is -0.465 e. The summed E-state index contributed by atoms with van der Waals surface area (Å²) < 4.78 is 1.49. The molecular formula is C7H6N4O2. The summed E-state index contributed by atoms with van der Waals surface area (Å²) in [6.07, 6.45) is 2.17. The second-order valence-electron chi connectivity index (χ2n) is 2.38. The molecule has 0 unspecified atom stereocenters. The van der Waals surface area contributed by atoms with Gasteiger partial charge in [0.05, 0.1) is 0 Å². The van der Waals surface area contributed by atoms with Crippen LogP contribution in [-0.2, 0) is 0 Å². The first-order chi connectivity index (χ1) is 6.25. The Morgan fingerprint density at radius 1 is 1.62 bits per heavy atom. The standard InChI is InChI=1S/C7H6N4O2/c12-7(13)9-5-4-6-8-2-1-3-11(6)10-5/h1-4H,(H,9,10)(H,12,13). The lowest BCUT2D eigenvalue weighted by atomic mass is 10.6. The molecule has 0 aliphatic rings. The van der Waals surface area contributed by atoms with Crippen molar-refractivity contribution >= 4 is 17.6 Å². The zero-order valence-electron chi connectivity index (χ0n) is 6.51. The van der Waals surface area contributed by atoms with Gasteiger partial charge in [0, 0.05) is 18.5 Å². The molecule has 0 aromatic carbocycles. The lowest BCUT2D eigenvalue weighted by Crippen LogP contribution is -2.07. The highest BCUT2D eigenvalue weighted by Crippen LogP contribution is 2.06. The van der Waals surface area contributed by atoms with Crippen LogP contribution in [0.1, 0.15) is 0 Å². The van der Waals surface area contributed by atoms with Gasteiger partial charge in [-0.25, -0.2) is 14.3 Å². The third-order valence-electron chi connectivity index (χ3n) is 1.47. The Kier molecular flexibility index (Phi) is 1.59. The summed E-state index contributed by atoms with van der Waals surface area (Å²) in [6.45, 7) is 0. The molecule has 0 atom stereocenters. The molecule has 1 amide bonds. The molecule has 0 spiro atoms. The van der Waals surface area contributed by atoms with Crippen molar-refractivity contribution in [2.75, 3.05) is 5.32 Å². The molecule has 0 saturated heterocycles. The van der Waals surface area contributed by atoms with Gasteiger partial charge in [0.2, 0.25) is 0 Å². The molecule has 2 aromatic rings. The summed E-state index contributed by atoms with van der Waals surface area (Å²) in [5.74, 6) is 0.270. The summed E-state index contributed by atoms with van der Waals surface area (Å²) in [4.78, 5) is 14.2. The monoisotopic (exact) mass is 178 g/mol. The van der Waals surface area contributed by atoms with E-state index in [4.69, 9.17) is 5.11 Å². The Morgan fingerprint density at radius 3 is 3.15 bits per heavy atom. The molecule has 2 aromatic heterocycles. The highest BCUT2D eigenvalue weighted by molar-refractivity contribution is 5.82. The first-order valence-corrected chi connectivity index (χ1v) is 3.56. The van der Waals surface area contributed by atoms with Gasteiger partial charge in [-0.3, -0.25) is 5.32 Å². The van der Waals surface area contributed by atoms with Crippen molar-refractivity contribution < 1.29 is 9.90 Å². The van der Waals surface area contributed by atoms with Crippen molar-refractivity contribution in [3.8, 4) is 0 Å². The third-order valence-corrected chi connectivity index (χ3v) is 1.47. The SMILES string of the molecule is O=C(O)Nc1cc2ncccn2n1. The average Bonchev–Trinajstić information content (AvgIpc) is 2.44. The van der Waals surface area contributed by atoms with Gasteiger partial charge in [0.15, 0.2) is 11.5 Å². The Bertz CT molecular complexity index is 417. The third kappa shape index (κ3) is 1.41. The van der Waals surface area contributed by atoms with Crippen LogP contribution in [-0.4, -0.2) is 25.8 Å². The van der Waals surface area contributed by atoms with E-state index in [1.54, 1.807) is 24.5 Å². The minimum atomic E-state index is -1.14. The molecule has 0 aliphatic heterocycles. The number of carbonyl (C=O) groups is 1. The number of carboxylic acid groups (broad SMARTS) is 1. The number of hydrogen-bond donors (Lipinski definition) is 2. The van der Waals surface area contributed by atoms with Crippen molar-refractivity contribution in [3.05, 3.63) is 24.5 Å². The Balaban J connectivity index is 2.44. The van der Waals surface area contributed by atoms with Crippen molar-refractivity contribution in [3.63, 3.8) is 0 Å². The summed E-state index contributed by atoms with van der Waals surface area (Å²) in [7, 11) is 0. The van der Waals surface area contributed by atoms with Gasteiger partial charge in [-0.15, -0.1) is 5.10 Å². The topological polar surface area (TPSA) is 79.5 Å². The molecule has 0 fully saturated rings. The maximum absolute atomic E-state index is 10.3. The Hall–Kier alpha value is -2.11. The average molecular weight is 178 g/mol. The van der Waals surface area contributed by atoms with Gasteiger partial charge in [-0.1, -0.05) is 0 Å². The maximum Gasteiger partial charge on any atom is 0.410 e. The van der Waals surface area contributed by atoms with E-state index in [0.717, 1.165) is 0 Å². The normalized spacial score (nSPS) is 10.2. The van der Waals surface area contributed by atoms with E-state index < -0.39 is 6.09 Å². The summed E-state index contributed by atoms with van der Waals surface area (Å²) >= 11 is 0. The van der Waals surface area contributed by atoms with E-state index in [1.165, 1.54) is 4.52 Å². The highest BCUT2D eigenvalue weighted by atomic mass is 16.4. The largest absolute Gasteiger partial charge is 0.465 e. The van der Waals surface area contributed by atoms with Crippen molar-refractivity contribution in [2.45, 2.75) is 0 Å². The van der Waals surface area contributed by atoms with Gasteiger partial charge in [0.25, 0.3) is 0 Å². The van der Waals surface area contributed by atoms with Crippen LogP contribution in [0.25, 0.3) is 5.65 Å². The molecule has 6 heteroatoms. The first-order valence-electron chi connectivity index (χ1n) is 3.56. The fraction of sp³-hybridized carbons (Fsp3) is 0. The summed E-state index contributed by atoms with van der Waals surface area (Å²) in [6, 6.07) is 3.26. The summed E-state index contributed by atoms with van der Waals surface area (Å²) in [5, 5.41) is 14.5. The van der Waals surface area contributed by atoms with E-state index in [0.29, 0.717) is 5.65 Å². The Morgan fingerprint density at radius 2 is 2.46 bits per heavy atom. The van der Waals surface area contributed by atoms with E-state index in [1.807, 2.05) is 0 Å². The molecule has 13 heavy (non-hydrogen) atoms. The van der Waals surface area contributed by atoms with Crippen LogP contribution in [0, 0.1) is 0 Å². The second-order valence-corrected chi connectivity index (χ2v) is 2.38. The van der Waals surface area contributed by atoms with Crippen molar-refractivity contribution in [1.82, 2.24) is 14.6 Å². The fourth-order valence-corrected chi connectivity index (χ4v) is 1.00. The molecule has 6 nitrogen and oxygen atoms in total. The minimum absolute atomic E-state index is 0.270. The lowest BCUT2D eigenvalue weighted by molar-refractivity contribution is 0.209. The zero-order valence-corrected chi connectivity index (χ0v) is 6.51. The quantitative estimate of drug-likeness (QED) is 0.677. The van der Waals surface area contributed by atoms with Crippen LogP contribution in [0.5, 0.6) is 0 Å². The lowest BCUT2D eigenvalue weighted by Gasteiger charge is -1.90. The molecule has 2 rings (SSSR count). The molecule has 0 bridgehead atoms. The van der Waals surface area contributed by atoms with E-state index in [9.17, 15) is 4.79 Å². The van der Waals surface area contributed by atoms with Crippen LogP contribution >= 0.6 is 0 Å². The van der Waals surface area contributed by atoms with Gasteiger partial charge in [-0.2, -0.15) is 0 Å². The molecule has 0 saturated carbocycles. The van der Waals surface area contributed by atoms with E-state index in [-0.39, 0.29) is 5.82 Å². The zero-order chi connectivity index (χ0) is 9.26. The number of rotatable bonds is 1. The number of amides is 1. The second kappa shape index (κ2) is 2.74. The number of nitrogens with one attached hydrogen (secondary N) is 1. The Labute approximate surface area is 72.8 Å². The van der Waals surface area contributed by atoms with Crippen LogP contribution in [0.3, 0.4) is 0 Å². The van der Waals surface area contributed by atoms with Crippen LogP contribution in [0.2, 0.25) is 0 Å². The molecule has 0 radical (unpaired) electrons. The van der Waals surface area contributed by atoms with Crippen LogP contribution < -0.4 is 5.32 Å². The number of fused-ring (bicyclic) bond motifs is 1. The molecular weight excluding hydrogens is 172 g/mol. The fourth-order valence-electron chi connectivity index (χ4n) is 1.00. The van der Waals surface area contributed by atoms with E-state index >= 15 is 0 Å². The first kappa shape index (κ1) is 7.53. The molecule has 2 N–H and O–H groups in total. The van der Waals surface area contributed by atoms with Gasteiger partial charge >= 0.3 is 6.09 Å². The smallest absolute Gasteiger partial charge is 0.410 e. The number of aromatic nitrogens is 3. The molecule has 66 valence electrons. The summed E-state index contributed by atoms with van der Waals surface area (Å²) in [5.41, 5.74) is 0.603. The van der Waals surface area contributed by atoms with E-state index in [2.05, 4.69) is 15.4 Å². The number of anilines is 1. The van der Waals surface area contributed by atoms with Gasteiger partial charge < -0.3 is 5.11 Å². The predicted octanol–water partition coefficient (Wildman–Crippen LogP) is 0.819. The van der Waals surface area contributed by atoms with Crippen LogP contribution in [0.15, 0.2) is 24.5 Å². The maximum atomic E-state index is 10.3. The predicted molar refractivity (Wildman–Crippen MR) is 44.6 cm³/mol.